The molecule has 0 radical (unpaired) electrons. The molecule has 0 aliphatic rings. The molecule has 10 heteroatoms. The molecule has 0 aliphatic carbocycles. The van der Waals surface area contributed by atoms with Gasteiger partial charge in [-0.25, -0.2) is 21.6 Å². The quantitative estimate of drug-likeness (QED) is 0.770. The first kappa shape index (κ1) is 22.2. The Bertz CT molecular complexity index is 722. The van der Waals surface area contributed by atoms with E-state index in [0.717, 1.165) is 26.0 Å². The molecule has 0 aliphatic heterocycles. The number of nitriles is 1. The molecule has 0 heterocycles. The summed E-state index contributed by atoms with van der Waals surface area (Å²) in [6.07, 6.45) is -3.35. The Balaban J connectivity index is 0.00000484. The van der Waals surface area contributed by atoms with Crippen molar-refractivity contribution in [3.05, 3.63) is 34.1 Å². The summed E-state index contributed by atoms with van der Waals surface area (Å²) in [5, 5.41) is 8.90. The molecule has 1 aromatic carbocycles. The molecule has 2 N–H and O–H groups in total. The first-order chi connectivity index (χ1) is 9.87. The average molecular weight is 436 g/mol. The van der Waals surface area contributed by atoms with E-state index in [-0.39, 0.29) is 16.9 Å². The third-order valence-electron chi connectivity index (χ3n) is 3.29. The number of benzene rings is 1. The van der Waals surface area contributed by atoms with Gasteiger partial charge in [-0.15, -0.1) is 12.4 Å². The Morgan fingerprint density at radius 1 is 1.39 bits per heavy atom. The number of halogens is 5. The van der Waals surface area contributed by atoms with E-state index >= 15 is 0 Å². The lowest BCUT2D eigenvalue weighted by molar-refractivity contribution is 0.0619. The highest BCUT2D eigenvalue weighted by Gasteiger charge is 2.48. The minimum Gasteiger partial charge on any atom is -0.316 e. The van der Waals surface area contributed by atoms with E-state index in [4.69, 9.17) is 11.0 Å². The van der Waals surface area contributed by atoms with Gasteiger partial charge in [0.1, 0.15) is 11.4 Å². The maximum Gasteiger partial charge on any atom is 0.261 e. The minimum atomic E-state index is -4.34. The number of hydrogen-bond donors (Lipinski definition) is 1. The van der Waals surface area contributed by atoms with Crippen LogP contribution in [0.3, 0.4) is 0 Å². The maximum absolute atomic E-state index is 13.9. The van der Waals surface area contributed by atoms with Crippen molar-refractivity contribution in [3.63, 3.8) is 0 Å². The molecule has 4 nitrogen and oxygen atoms in total. The highest BCUT2D eigenvalue weighted by molar-refractivity contribution is 9.10. The third kappa shape index (κ3) is 4.38. The van der Waals surface area contributed by atoms with Crippen molar-refractivity contribution < 1.29 is 21.6 Å². The fourth-order valence-corrected chi connectivity index (χ4v) is 3.45. The van der Waals surface area contributed by atoms with E-state index in [9.17, 15) is 21.6 Å². The van der Waals surface area contributed by atoms with Crippen LogP contribution in [0.5, 0.6) is 0 Å². The van der Waals surface area contributed by atoms with Crippen LogP contribution in [-0.2, 0) is 15.4 Å². The zero-order chi connectivity index (χ0) is 17.3. The third-order valence-corrected chi connectivity index (χ3v) is 6.29. The smallest absolute Gasteiger partial charge is 0.261 e. The van der Waals surface area contributed by atoms with Crippen molar-refractivity contribution in [3.8, 4) is 6.07 Å². The summed E-state index contributed by atoms with van der Waals surface area (Å²) in [6, 6.07) is 4.72. The predicted molar refractivity (Wildman–Crippen MR) is 86.7 cm³/mol. The van der Waals surface area contributed by atoms with E-state index in [1.165, 1.54) is 12.1 Å². The Kier molecular flexibility index (Phi) is 7.12. The Labute approximate surface area is 147 Å². The highest BCUT2D eigenvalue weighted by Crippen LogP contribution is 2.34. The van der Waals surface area contributed by atoms with Crippen molar-refractivity contribution >= 4 is 38.2 Å². The monoisotopic (exact) mass is 434 g/mol. The first-order valence-corrected chi connectivity index (χ1v) is 8.48. The fraction of sp³-hybridized carbons (Fsp3) is 0.462. The molecular weight excluding hydrogens is 421 g/mol. The van der Waals surface area contributed by atoms with Gasteiger partial charge in [0.25, 0.3) is 6.43 Å². The van der Waals surface area contributed by atoms with E-state index in [2.05, 4.69) is 15.9 Å². The van der Waals surface area contributed by atoms with Gasteiger partial charge in [-0.05, 0) is 32.0 Å². The minimum absolute atomic E-state index is 0. The summed E-state index contributed by atoms with van der Waals surface area (Å²) < 4.78 is 63.5. The molecule has 130 valence electrons. The number of nitrogens with two attached hydrogens (primary N) is 1. The van der Waals surface area contributed by atoms with Gasteiger partial charge in [0.05, 0.1) is 11.8 Å². The van der Waals surface area contributed by atoms with Crippen LogP contribution in [0.4, 0.5) is 13.2 Å². The van der Waals surface area contributed by atoms with E-state index < -0.39 is 43.7 Å². The summed E-state index contributed by atoms with van der Waals surface area (Å²) in [5.41, 5.74) is 2.18. The molecule has 0 saturated carbocycles. The molecule has 0 amide bonds. The average Bonchev–Trinajstić information content (AvgIpc) is 2.40. The van der Waals surface area contributed by atoms with Crippen LogP contribution < -0.4 is 5.73 Å². The highest BCUT2D eigenvalue weighted by atomic mass is 79.9. The molecule has 23 heavy (non-hydrogen) atoms. The largest absolute Gasteiger partial charge is 0.316 e. The molecule has 0 fully saturated rings. The molecule has 0 aromatic heterocycles. The molecule has 0 saturated heterocycles. The van der Waals surface area contributed by atoms with Crippen LogP contribution >= 0.6 is 28.3 Å². The van der Waals surface area contributed by atoms with Crippen molar-refractivity contribution in [1.82, 2.24) is 0 Å². The van der Waals surface area contributed by atoms with Crippen molar-refractivity contribution in [2.24, 2.45) is 5.73 Å². The Hall–Kier alpha value is -0.820. The summed E-state index contributed by atoms with van der Waals surface area (Å²) in [6.45, 7) is 2.15. The predicted octanol–water partition coefficient (Wildman–Crippen LogP) is 3.15. The number of nitrogens with zero attached hydrogens (tertiary/aromatic N) is 1. The standard InChI is InChI=1S/C13H14BrF3N2O2S.ClH/c1-12(2,6-18)22(20,21)7-13(19,11(16)17)9-5-8(14)3-4-10(9)15;/h3-5,11H,7,19H2,1-2H3;1H/t13-;/m1./s1. The normalized spacial score (nSPS) is 14.7. The van der Waals surface area contributed by atoms with Crippen LogP contribution in [0.2, 0.25) is 0 Å². The fourth-order valence-electron chi connectivity index (χ4n) is 1.68. The summed E-state index contributed by atoms with van der Waals surface area (Å²) in [7, 11) is -4.34. The van der Waals surface area contributed by atoms with Gasteiger partial charge in [-0.2, -0.15) is 5.26 Å². The van der Waals surface area contributed by atoms with Crippen LogP contribution in [0.25, 0.3) is 0 Å². The second-order valence-electron chi connectivity index (χ2n) is 5.35. The van der Waals surface area contributed by atoms with Gasteiger partial charge in [0.2, 0.25) is 0 Å². The van der Waals surface area contributed by atoms with Crippen molar-refractivity contribution in [2.75, 3.05) is 5.75 Å². The summed E-state index contributed by atoms with van der Waals surface area (Å²) in [5.74, 6) is -2.30. The molecular formula is C13H15BrClF3N2O2S. The van der Waals surface area contributed by atoms with Gasteiger partial charge in [-0.3, -0.25) is 0 Å². The Morgan fingerprint density at radius 2 is 1.91 bits per heavy atom. The topological polar surface area (TPSA) is 84.0 Å². The second kappa shape index (κ2) is 7.38. The molecule has 0 spiro atoms. The number of hydrogen-bond acceptors (Lipinski definition) is 4. The van der Waals surface area contributed by atoms with Gasteiger partial charge >= 0.3 is 0 Å². The van der Waals surface area contributed by atoms with Gasteiger partial charge in [-0.1, -0.05) is 15.9 Å². The van der Waals surface area contributed by atoms with Crippen LogP contribution in [0.1, 0.15) is 19.4 Å². The SMILES string of the molecule is CC(C)(C#N)S(=O)(=O)C[C@@](N)(c1cc(Br)ccc1F)C(F)F.Cl. The lowest BCUT2D eigenvalue weighted by Gasteiger charge is -2.31. The van der Waals surface area contributed by atoms with Crippen LogP contribution in [0, 0.1) is 17.1 Å². The molecule has 1 rings (SSSR count). The van der Waals surface area contributed by atoms with Gasteiger partial charge < -0.3 is 5.73 Å². The van der Waals surface area contributed by atoms with Gasteiger partial charge in [0, 0.05) is 10.0 Å². The number of rotatable bonds is 5. The van der Waals surface area contributed by atoms with E-state index in [0.29, 0.717) is 0 Å². The lowest BCUT2D eigenvalue weighted by Crippen LogP contribution is -2.53. The van der Waals surface area contributed by atoms with Crippen molar-refractivity contribution in [2.45, 2.75) is 30.6 Å². The second-order valence-corrected chi connectivity index (χ2v) is 8.80. The summed E-state index contributed by atoms with van der Waals surface area (Å²) in [4.78, 5) is 0. The number of sulfone groups is 1. The lowest BCUT2D eigenvalue weighted by atomic mass is 9.93. The molecule has 1 aromatic rings. The zero-order valence-electron chi connectivity index (χ0n) is 12.2. The first-order valence-electron chi connectivity index (χ1n) is 6.03. The Morgan fingerprint density at radius 3 is 2.35 bits per heavy atom. The van der Waals surface area contributed by atoms with Crippen LogP contribution in [-0.4, -0.2) is 25.3 Å². The van der Waals surface area contributed by atoms with Gasteiger partial charge in [0.15, 0.2) is 14.6 Å². The van der Waals surface area contributed by atoms with Crippen LogP contribution in [0.15, 0.2) is 22.7 Å². The number of alkyl halides is 2. The van der Waals surface area contributed by atoms with E-state index in [1.54, 1.807) is 0 Å². The molecule has 0 unspecified atom stereocenters. The van der Waals surface area contributed by atoms with Crippen molar-refractivity contribution in [1.29, 1.82) is 5.26 Å². The summed E-state index contributed by atoms with van der Waals surface area (Å²) >= 11 is 3.00. The zero-order valence-corrected chi connectivity index (χ0v) is 15.4. The molecule has 0 bridgehead atoms. The maximum atomic E-state index is 13.9. The molecule has 1 atom stereocenters. The van der Waals surface area contributed by atoms with E-state index in [1.807, 2.05) is 0 Å².